The molecule has 5 rings (SSSR count). The molecular formula is C29H23F9O. The third-order valence-corrected chi connectivity index (χ3v) is 8.05. The lowest BCUT2D eigenvalue weighted by molar-refractivity contribution is -0.189. The lowest BCUT2D eigenvalue weighted by Gasteiger charge is -2.21. The summed E-state index contributed by atoms with van der Waals surface area (Å²) in [5.74, 6) is -11.4. The molecule has 2 aliphatic rings. The second-order valence-electron chi connectivity index (χ2n) is 10.4. The number of halogens is 9. The second-order valence-corrected chi connectivity index (χ2v) is 10.4. The van der Waals surface area contributed by atoms with Gasteiger partial charge in [-0.05, 0) is 84.7 Å². The minimum Gasteiger partial charge on any atom is -0.429 e. The van der Waals surface area contributed by atoms with Crippen LogP contribution in [0.25, 0.3) is 11.1 Å². The Balaban J connectivity index is 1.38. The molecule has 0 N–H and O–H groups in total. The van der Waals surface area contributed by atoms with Crippen LogP contribution in [0.15, 0.2) is 36.4 Å². The molecule has 0 spiro atoms. The van der Waals surface area contributed by atoms with E-state index in [2.05, 4.69) is 11.7 Å². The Morgan fingerprint density at radius 3 is 1.69 bits per heavy atom. The molecule has 2 fully saturated rings. The van der Waals surface area contributed by atoms with E-state index in [1.165, 1.54) is 0 Å². The number of hydrogen-bond acceptors (Lipinski definition) is 1. The maximum atomic E-state index is 14.9. The zero-order chi connectivity index (χ0) is 28.2. The lowest BCUT2D eigenvalue weighted by Crippen LogP contribution is -2.25. The van der Waals surface area contributed by atoms with E-state index in [9.17, 15) is 39.5 Å². The SMILES string of the molecule is CCC1CC2CC(c3cc(F)c(C(F)(F)Oc4cc(F)c(-c5cc(F)c(F)c(F)c5)c(F)c4)c(F)c3)CC2C1. The van der Waals surface area contributed by atoms with Crippen LogP contribution in [0.5, 0.6) is 5.75 Å². The van der Waals surface area contributed by atoms with Crippen molar-refractivity contribution < 1.29 is 44.3 Å². The van der Waals surface area contributed by atoms with E-state index >= 15 is 0 Å². The van der Waals surface area contributed by atoms with Crippen LogP contribution in [0.2, 0.25) is 0 Å². The topological polar surface area (TPSA) is 9.23 Å². The van der Waals surface area contributed by atoms with Gasteiger partial charge in [-0.1, -0.05) is 13.3 Å². The van der Waals surface area contributed by atoms with Crippen LogP contribution in [-0.4, -0.2) is 0 Å². The Labute approximate surface area is 218 Å². The van der Waals surface area contributed by atoms with Gasteiger partial charge in [0, 0.05) is 12.1 Å². The van der Waals surface area contributed by atoms with Crippen molar-refractivity contribution in [1.82, 2.24) is 0 Å². The van der Waals surface area contributed by atoms with Crippen LogP contribution < -0.4 is 4.74 Å². The highest BCUT2D eigenvalue weighted by Crippen LogP contribution is 2.53. The predicted octanol–water partition coefficient (Wildman–Crippen LogP) is 9.39. The Morgan fingerprint density at radius 1 is 0.692 bits per heavy atom. The first kappa shape index (κ1) is 27.4. The van der Waals surface area contributed by atoms with E-state index in [1.807, 2.05) is 0 Å². The number of ether oxygens (including phenoxy) is 1. The van der Waals surface area contributed by atoms with E-state index in [0.29, 0.717) is 29.9 Å². The average molecular weight is 558 g/mol. The van der Waals surface area contributed by atoms with Crippen molar-refractivity contribution in [3.63, 3.8) is 0 Å². The predicted molar refractivity (Wildman–Crippen MR) is 125 cm³/mol. The number of hydrogen-bond donors (Lipinski definition) is 0. The van der Waals surface area contributed by atoms with Crippen LogP contribution >= 0.6 is 0 Å². The van der Waals surface area contributed by atoms with Crippen molar-refractivity contribution in [3.8, 4) is 16.9 Å². The lowest BCUT2D eigenvalue weighted by atomic mass is 9.91. The molecule has 10 heteroatoms. The van der Waals surface area contributed by atoms with Gasteiger partial charge in [0.2, 0.25) is 0 Å². The molecule has 0 heterocycles. The molecule has 0 aromatic heterocycles. The van der Waals surface area contributed by atoms with Crippen LogP contribution in [0.1, 0.15) is 56.1 Å². The molecule has 208 valence electrons. The first-order valence-electron chi connectivity index (χ1n) is 12.6. The molecule has 0 radical (unpaired) electrons. The fourth-order valence-corrected chi connectivity index (χ4v) is 6.24. The van der Waals surface area contributed by atoms with Gasteiger partial charge in [-0.3, -0.25) is 0 Å². The van der Waals surface area contributed by atoms with Gasteiger partial charge < -0.3 is 4.74 Å². The molecule has 2 saturated carbocycles. The largest absolute Gasteiger partial charge is 0.432 e. The standard InChI is InChI=1S/C29H23F9O/c1-2-13-3-14-5-16(6-15(14)4-13)17-7-22(32)27(23(33)8-17)29(37,38)39-19-11-20(30)26(21(31)12-19)18-9-24(34)28(36)25(35)10-18/h7-16H,2-6H2,1H3. The summed E-state index contributed by atoms with van der Waals surface area (Å²) in [6.07, 6.45) is -0.0580. The second kappa shape index (κ2) is 10.1. The molecule has 2 atom stereocenters. The third-order valence-electron chi connectivity index (χ3n) is 8.05. The van der Waals surface area contributed by atoms with Crippen molar-refractivity contribution in [2.75, 3.05) is 0 Å². The average Bonchev–Trinajstić information content (AvgIpc) is 3.40. The van der Waals surface area contributed by atoms with E-state index in [-0.39, 0.29) is 23.6 Å². The van der Waals surface area contributed by atoms with Gasteiger partial charge in [-0.15, -0.1) is 0 Å². The summed E-state index contributed by atoms with van der Waals surface area (Å²) in [5.41, 5.74) is -3.24. The van der Waals surface area contributed by atoms with Crippen molar-refractivity contribution in [2.24, 2.45) is 17.8 Å². The molecule has 2 unspecified atom stereocenters. The monoisotopic (exact) mass is 558 g/mol. The van der Waals surface area contributed by atoms with Crippen LogP contribution in [0.3, 0.4) is 0 Å². The summed E-state index contributed by atoms with van der Waals surface area (Å²) in [5, 5.41) is 0. The van der Waals surface area contributed by atoms with Crippen molar-refractivity contribution in [1.29, 1.82) is 0 Å². The molecule has 0 aliphatic heterocycles. The highest BCUT2D eigenvalue weighted by atomic mass is 19.3. The Bertz CT molecular complexity index is 1340. The molecule has 0 amide bonds. The number of rotatable bonds is 6. The minimum absolute atomic E-state index is 0.165. The first-order chi connectivity index (χ1) is 18.4. The Morgan fingerprint density at radius 2 is 1.21 bits per heavy atom. The summed E-state index contributed by atoms with van der Waals surface area (Å²) >= 11 is 0. The van der Waals surface area contributed by atoms with Crippen LogP contribution in [-0.2, 0) is 6.11 Å². The van der Waals surface area contributed by atoms with Gasteiger partial charge in [-0.2, -0.15) is 8.78 Å². The van der Waals surface area contributed by atoms with E-state index in [0.717, 1.165) is 44.2 Å². The zero-order valence-corrected chi connectivity index (χ0v) is 20.6. The normalized spacial score (nSPS) is 22.8. The summed E-state index contributed by atoms with van der Waals surface area (Å²) in [4.78, 5) is 0. The van der Waals surface area contributed by atoms with Crippen molar-refractivity contribution in [3.05, 3.63) is 88.2 Å². The van der Waals surface area contributed by atoms with Crippen molar-refractivity contribution in [2.45, 2.75) is 51.1 Å². The van der Waals surface area contributed by atoms with Gasteiger partial charge >= 0.3 is 6.11 Å². The first-order valence-corrected chi connectivity index (χ1v) is 12.6. The number of fused-ring (bicyclic) bond motifs is 1. The fourth-order valence-electron chi connectivity index (χ4n) is 6.24. The van der Waals surface area contributed by atoms with Crippen LogP contribution in [0, 0.1) is 58.5 Å². The van der Waals surface area contributed by atoms with Crippen LogP contribution in [0.4, 0.5) is 39.5 Å². The Kier molecular flexibility index (Phi) is 7.09. The highest BCUT2D eigenvalue weighted by molar-refractivity contribution is 5.66. The van der Waals surface area contributed by atoms with E-state index in [4.69, 9.17) is 0 Å². The molecule has 39 heavy (non-hydrogen) atoms. The molecule has 0 bridgehead atoms. The minimum atomic E-state index is -4.66. The highest BCUT2D eigenvalue weighted by Gasteiger charge is 2.44. The quantitative estimate of drug-likeness (QED) is 0.216. The molecule has 0 saturated heterocycles. The van der Waals surface area contributed by atoms with Gasteiger partial charge in [-0.25, -0.2) is 30.7 Å². The van der Waals surface area contributed by atoms with Crippen molar-refractivity contribution >= 4 is 0 Å². The molecule has 3 aromatic carbocycles. The molecular weight excluding hydrogens is 535 g/mol. The summed E-state index contributed by atoms with van der Waals surface area (Å²) in [7, 11) is 0. The molecule has 3 aromatic rings. The van der Waals surface area contributed by atoms with Gasteiger partial charge in [0.1, 0.15) is 34.6 Å². The fraction of sp³-hybridized carbons (Fsp3) is 0.379. The zero-order valence-electron chi connectivity index (χ0n) is 20.6. The van der Waals surface area contributed by atoms with Gasteiger partial charge in [0.25, 0.3) is 0 Å². The summed E-state index contributed by atoms with van der Waals surface area (Å²) < 4.78 is 133. The maximum absolute atomic E-state index is 14.9. The smallest absolute Gasteiger partial charge is 0.429 e. The molecule has 1 nitrogen and oxygen atoms in total. The number of benzene rings is 3. The number of alkyl halides is 2. The molecule has 2 aliphatic carbocycles. The summed E-state index contributed by atoms with van der Waals surface area (Å²) in [6.45, 7) is 2.12. The maximum Gasteiger partial charge on any atom is 0.432 e. The Hall–Kier alpha value is -3.17. The summed E-state index contributed by atoms with van der Waals surface area (Å²) in [6, 6.07) is 2.86. The third kappa shape index (κ3) is 5.10. The van der Waals surface area contributed by atoms with E-state index in [1.54, 1.807) is 0 Å². The van der Waals surface area contributed by atoms with Gasteiger partial charge in [0.05, 0.1) is 5.56 Å². The van der Waals surface area contributed by atoms with Gasteiger partial charge in [0.15, 0.2) is 17.5 Å². The van der Waals surface area contributed by atoms with E-state index < -0.39 is 69.3 Å².